The van der Waals surface area contributed by atoms with Crippen LogP contribution >= 0.6 is 0 Å². The molecular weight excluding hydrogens is 244 g/mol. The van der Waals surface area contributed by atoms with Gasteiger partial charge in [0.05, 0.1) is 5.92 Å². The molecule has 0 aromatic heterocycles. The highest BCUT2D eigenvalue weighted by molar-refractivity contribution is 5.93. The van der Waals surface area contributed by atoms with E-state index in [1.165, 1.54) is 6.08 Å². The predicted molar refractivity (Wildman–Crippen MR) is 74.6 cm³/mol. The molecule has 0 saturated heterocycles. The van der Waals surface area contributed by atoms with E-state index in [1.54, 1.807) is 24.3 Å². The number of benzene rings is 1. The molecule has 0 saturated carbocycles. The minimum absolute atomic E-state index is 0.121. The average Bonchev–Trinajstić information content (AvgIpc) is 2.38. The summed E-state index contributed by atoms with van der Waals surface area (Å²) in [4.78, 5) is 22.3. The monoisotopic (exact) mass is 262 g/mol. The average molecular weight is 262 g/mol. The molecule has 4 N–H and O–H groups in total. The molecule has 5 nitrogen and oxygen atoms in total. The number of carboxylic acids is 1. The number of rotatable bonds is 6. The van der Waals surface area contributed by atoms with E-state index in [0.717, 1.165) is 6.08 Å². The number of nitrogens with two attached hydrogens (primary N) is 1. The van der Waals surface area contributed by atoms with Crippen LogP contribution in [0.25, 0.3) is 6.08 Å². The Kier molecular flexibility index (Phi) is 5.75. The van der Waals surface area contributed by atoms with E-state index in [2.05, 4.69) is 5.32 Å². The Morgan fingerprint density at radius 2 is 2.21 bits per heavy atom. The second-order valence-corrected chi connectivity index (χ2v) is 4.13. The molecule has 1 aromatic carbocycles. The maximum absolute atomic E-state index is 11.8. The molecule has 102 valence electrons. The molecule has 1 aromatic rings. The van der Waals surface area contributed by atoms with Gasteiger partial charge in [-0.05, 0) is 30.2 Å². The summed E-state index contributed by atoms with van der Waals surface area (Å²) >= 11 is 0. The Hall–Kier alpha value is -2.14. The summed E-state index contributed by atoms with van der Waals surface area (Å²) in [7, 11) is 0. The first-order valence-electron chi connectivity index (χ1n) is 6.08. The van der Waals surface area contributed by atoms with E-state index in [4.69, 9.17) is 10.8 Å². The van der Waals surface area contributed by atoms with Gasteiger partial charge in [-0.3, -0.25) is 4.79 Å². The van der Waals surface area contributed by atoms with Crippen molar-refractivity contribution in [1.29, 1.82) is 0 Å². The number of amides is 1. The lowest BCUT2D eigenvalue weighted by Crippen LogP contribution is -2.28. The molecule has 1 atom stereocenters. The van der Waals surface area contributed by atoms with Crippen LogP contribution in [0, 0.1) is 5.92 Å². The van der Waals surface area contributed by atoms with Crippen molar-refractivity contribution in [2.24, 2.45) is 11.7 Å². The fraction of sp³-hybridized carbons (Fsp3) is 0.286. The molecule has 5 heteroatoms. The first kappa shape index (κ1) is 14.9. The van der Waals surface area contributed by atoms with Gasteiger partial charge in [-0.2, -0.15) is 0 Å². The van der Waals surface area contributed by atoms with Crippen molar-refractivity contribution in [1.82, 2.24) is 0 Å². The summed E-state index contributed by atoms with van der Waals surface area (Å²) in [5, 5.41) is 11.3. The number of nitrogens with one attached hydrogen (secondary N) is 1. The molecule has 1 amide bonds. The Balaban J connectivity index is 2.77. The summed E-state index contributed by atoms with van der Waals surface area (Å²) in [5.41, 5.74) is 6.85. The molecule has 0 radical (unpaired) electrons. The number of carbonyl (C=O) groups is 2. The zero-order valence-corrected chi connectivity index (χ0v) is 10.8. The van der Waals surface area contributed by atoms with Crippen molar-refractivity contribution in [2.75, 3.05) is 11.9 Å². The maximum Gasteiger partial charge on any atom is 0.328 e. The second kappa shape index (κ2) is 7.33. The minimum atomic E-state index is -1.01. The molecule has 0 fully saturated rings. The molecule has 0 heterocycles. The van der Waals surface area contributed by atoms with Gasteiger partial charge >= 0.3 is 5.97 Å². The SMILES string of the molecule is CCC(CN)C(=O)Nc1cccc(/C=C/C(=O)O)c1. The number of carboxylic acid groups (broad SMARTS) is 1. The Labute approximate surface area is 112 Å². The summed E-state index contributed by atoms with van der Waals surface area (Å²) in [6, 6.07) is 6.97. The first-order chi connectivity index (χ1) is 9.06. The maximum atomic E-state index is 11.8. The first-order valence-corrected chi connectivity index (χ1v) is 6.08. The lowest BCUT2D eigenvalue weighted by molar-refractivity contribution is -0.131. The van der Waals surface area contributed by atoms with Crippen molar-refractivity contribution in [3.05, 3.63) is 35.9 Å². The van der Waals surface area contributed by atoms with Crippen molar-refractivity contribution in [3.63, 3.8) is 0 Å². The van der Waals surface area contributed by atoms with Crippen molar-refractivity contribution in [2.45, 2.75) is 13.3 Å². The minimum Gasteiger partial charge on any atom is -0.478 e. The number of aliphatic carboxylic acids is 1. The van der Waals surface area contributed by atoms with Gasteiger partial charge in [0.1, 0.15) is 0 Å². The van der Waals surface area contributed by atoms with Crippen LogP contribution in [0.5, 0.6) is 0 Å². The number of hydrogen-bond acceptors (Lipinski definition) is 3. The number of hydrogen-bond donors (Lipinski definition) is 3. The smallest absolute Gasteiger partial charge is 0.328 e. The summed E-state index contributed by atoms with van der Waals surface area (Å²) in [6.45, 7) is 2.21. The van der Waals surface area contributed by atoms with E-state index >= 15 is 0 Å². The van der Waals surface area contributed by atoms with Crippen LogP contribution in [0.1, 0.15) is 18.9 Å². The van der Waals surface area contributed by atoms with E-state index in [1.807, 2.05) is 6.92 Å². The molecule has 1 unspecified atom stereocenters. The lowest BCUT2D eigenvalue weighted by atomic mass is 10.1. The van der Waals surface area contributed by atoms with Gasteiger partial charge in [-0.1, -0.05) is 19.1 Å². The molecule has 0 aliphatic heterocycles. The fourth-order valence-electron chi connectivity index (χ4n) is 1.59. The van der Waals surface area contributed by atoms with Gasteiger partial charge in [0.25, 0.3) is 0 Å². The highest BCUT2D eigenvalue weighted by Crippen LogP contribution is 2.14. The number of carbonyl (C=O) groups excluding carboxylic acids is 1. The van der Waals surface area contributed by atoms with Crippen LogP contribution < -0.4 is 11.1 Å². The quantitative estimate of drug-likeness (QED) is 0.680. The van der Waals surface area contributed by atoms with E-state index in [9.17, 15) is 9.59 Å². The van der Waals surface area contributed by atoms with Crippen LogP contribution in [0.3, 0.4) is 0 Å². The van der Waals surface area contributed by atoms with Crippen LogP contribution in [0.4, 0.5) is 5.69 Å². The van der Waals surface area contributed by atoms with Crippen LogP contribution in [-0.4, -0.2) is 23.5 Å². The van der Waals surface area contributed by atoms with E-state index < -0.39 is 5.97 Å². The van der Waals surface area contributed by atoms with Gasteiger partial charge in [-0.25, -0.2) is 4.79 Å². The number of anilines is 1. The third-order valence-electron chi connectivity index (χ3n) is 2.72. The zero-order valence-electron chi connectivity index (χ0n) is 10.8. The Morgan fingerprint density at radius 3 is 2.79 bits per heavy atom. The fourth-order valence-corrected chi connectivity index (χ4v) is 1.59. The summed E-state index contributed by atoms with van der Waals surface area (Å²) in [5.74, 6) is -1.34. The molecule has 1 rings (SSSR count). The lowest BCUT2D eigenvalue weighted by Gasteiger charge is -2.12. The molecule has 0 aliphatic rings. The van der Waals surface area contributed by atoms with Crippen molar-refractivity contribution in [3.8, 4) is 0 Å². The molecule has 0 bridgehead atoms. The Bertz CT molecular complexity index is 479. The molecule has 19 heavy (non-hydrogen) atoms. The van der Waals surface area contributed by atoms with Crippen LogP contribution in [0.2, 0.25) is 0 Å². The highest BCUT2D eigenvalue weighted by Gasteiger charge is 2.14. The van der Waals surface area contributed by atoms with E-state index in [0.29, 0.717) is 24.2 Å². The summed E-state index contributed by atoms with van der Waals surface area (Å²) < 4.78 is 0. The van der Waals surface area contributed by atoms with Gasteiger partial charge in [-0.15, -0.1) is 0 Å². The Morgan fingerprint density at radius 1 is 1.47 bits per heavy atom. The predicted octanol–water partition coefficient (Wildman–Crippen LogP) is 1.71. The standard InChI is InChI=1S/C14H18N2O3/c1-2-11(9-15)14(19)16-12-5-3-4-10(8-12)6-7-13(17)18/h3-8,11H,2,9,15H2,1H3,(H,16,19)(H,17,18)/b7-6+. The van der Waals surface area contributed by atoms with Gasteiger partial charge in [0, 0.05) is 18.3 Å². The molecule has 0 aliphatic carbocycles. The summed E-state index contributed by atoms with van der Waals surface area (Å²) in [6.07, 6.45) is 3.20. The van der Waals surface area contributed by atoms with Gasteiger partial charge in [0.15, 0.2) is 0 Å². The van der Waals surface area contributed by atoms with Crippen molar-refractivity contribution < 1.29 is 14.7 Å². The van der Waals surface area contributed by atoms with E-state index in [-0.39, 0.29) is 11.8 Å². The van der Waals surface area contributed by atoms with Crippen LogP contribution in [0.15, 0.2) is 30.3 Å². The van der Waals surface area contributed by atoms with Gasteiger partial charge in [0.2, 0.25) is 5.91 Å². The third-order valence-corrected chi connectivity index (χ3v) is 2.72. The van der Waals surface area contributed by atoms with Crippen molar-refractivity contribution >= 4 is 23.6 Å². The molecule has 0 spiro atoms. The van der Waals surface area contributed by atoms with Crippen LogP contribution in [-0.2, 0) is 9.59 Å². The normalized spacial score (nSPS) is 12.3. The topological polar surface area (TPSA) is 92.4 Å². The largest absolute Gasteiger partial charge is 0.478 e. The molecular formula is C14H18N2O3. The second-order valence-electron chi connectivity index (χ2n) is 4.13. The highest BCUT2D eigenvalue weighted by atomic mass is 16.4. The zero-order chi connectivity index (χ0) is 14.3. The van der Waals surface area contributed by atoms with Gasteiger partial charge < -0.3 is 16.2 Å². The third kappa shape index (κ3) is 4.93.